The van der Waals surface area contributed by atoms with E-state index in [9.17, 15) is 0 Å². The zero-order chi connectivity index (χ0) is 24.4. The van der Waals surface area contributed by atoms with Gasteiger partial charge in [-0.2, -0.15) is 4.57 Å². The van der Waals surface area contributed by atoms with Crippen LogP contribution >= 0.6 is 11.3 Å². The minimum absolute atomic E-state index is 0.614. The number of aryl methyl sites for hydroxylation is 2. The highest BCUT2D eigenvalue weighted by Crippen LogP contribution is 2.42. The van der Waals surface area contributed by atoms with Crippen molar-refractivity contribution < 1.29 is 4.57 Å². The van der Waals surface area contributed by atoms with Crippen LogP contribution in [-0.2, 0) is 13.5 Å². The van der Waals surface area contributed by atoms with E-state index in [1.54, 1.807) is 0 Å². The molecule has 2 heterocycles. The summed E-state index contributed by atoms with van der Waals surface area (Å²) in [6, 6.07) is 21.0. The maximum absolute atomic E-state index is 2.49. The first-order valence-corrected chi connectivity index (χ1v) is 16.8. The van der Waals surface area contributed by atoms with Crippen LogP contribution in [0.25, 0.3) is 42.3 Å². The van der Waals surface area contributed by atoms with Gasteiger partial charge in [-0.05, 0) is 61.1 Å². The normalized spacial score (nSPS) is 12.5. The topological polar surface area (TPSA) is 3.88 Å². The number of benzene rings is 3. The molecule has 174 valence electrons. The number of nitrogens with zero attached hydrogens (tertiary/aromatic N) is 1. The van der Waals surface area contributed by atoms with Crippen LogP contribution in [0, 0.1) is 19.8 Å². The fourth-order valence-electron chi connectivity index (χ4n) is 5.26. The standard InChI is InChI=1S/C31H36NSSi/c1-19(2)15-22-17-28(32(5)27-18-23(34(6,7)8)13-14-24(22)27)30-21(4)20(3)16-26-25-11-9-10-12-29(25)33-31(26)30/h9-14,16-19H,15H2,1-8H3/q+1. The van der Waals surface area contributed by atoms with E-state index < -0.39 is 8.07 Å². The first kappa shape index (κ1) is 23.3. The highest BCUT2D eigenvalue weighted by molar-refractivity contribution is 7.26. The molecule has 2 aromatic heterocycles. The van der Waals surface area contributed by atoms with Crippen molar-refractivity contribution in [1.82, 2.24) is 0 Å². The van der Waals surface area contributed by atoms with Crippen molar-refractivity contribution in [3.63, 3.8) is 0 Å². The van der Waals surface area contributed by atoms with Crippen molar-refractivity contribution >= 4 is 55.7 Å². The van der Waals surface area contributed by atoms with Crippen molar-refractivity contribution in [2.45, 2.75) is 53.8 Å². The summed E-state index contributed by atoms with van der Waals surface area (Å²) < 4.78 is 5.25. The monoisotopic (exact) mass is 482 g/mol. The Balaban J connectivity index is 1.92. The maximum Gasteiger partial charge on any atom is 0.214 e. The summed E-state index contributed by atoms with van der Waals surface area (Å²) in [6.45, 7) is 16.6. The van der Waals surface area contributed by atoms with Gasteiger partial charge in [-0.3, -0.25) is 0 Å². The second-order valence-electron chi connectivity index (χ2n) is 11.4. The van der Waals surface area contributed by atoms with Crippen LogP contribution in [-0.4, -0.2) is 8.07 Å². The van der Waals surface area contributed by atoms with E-state index in [1.165, 1.54) is 64.2 Å². The Morgan fingerprint density at radius 3 is 2.32 bits per heavy atom. The number of pyridine rings is 1. The molecule has 0 fully saturated rings. The Morgan fingerprint density at radius 1 is 0.882 bits per heavy atom. The van der Waals surface area contributed by atoms with E-state index in [1.807, 2.05) is 11.3 Å². The Hall–Kier alpha value is -2.49. The van der Waals surface area contributed by atoms with Gasteiger partial charge in [-0.15, -0.1) is 11.3 Å². The number of fused-ring (bicyclic) bond motifs is 4. The van der Waals surface area contributed by atoms with Crippen molar-refractivity contribution in [2.75, 3.05) is 0 Å². The number of aromatic nitrogens is 1. The molecule has 5 aromatic rings. The molecule has 0 aliphatic heterocycles. The van der Waals surface area contributed by atoms with E-state index in [-0.39, 0.29) is 0 Å². The van der Waals surface area contributed by atoms with Gasteiger partial charge in [0.15, 0.2) is 0 Å². The van der Waals surface area contributed by atoms with Crippen LogP contribution in [0.15, 0.2) is 54.6 Å². The molecule has 3 aromatic carbocycles. The molecule has 1 nitrogen and oxygen atoms in total. The van der Waals surface area contributed by atoms with E-state index in [0.29, 0.717) is 5.92 Å². The average molecular weight is 483 g/mol. The molecule has 0 N–H and O–H groups in total. The lowest BCUT2D eigenvalue weighted by molar-refractivity contribution is -0.633. The van der Waals surface area contributed by atoms with Gasteiger partial charge < -0.3 is 0 Å². The Bertz CT molecular complexity index is 1570. The number of hydrogen-bond donors (Lipinski definition) is 0. The minimum Gasteiger partial charge on any atom is -0.194 e. The molecule has 34 heavy (non-hydrogen) atoms. The van der Waals surface area contributed by atoms with Crippen LogP contribution in [0.5, 0.6) is 0 Å². The molecule has 0 aliphatic carbocycles. The highest BCUT2D eigenvalue weighted by Gasteiger charge is 2.26. The fraction of sp³-hybridized carbons (Fsp3) is 0.323. The molecule has 0 saturated carbocycles. The molecule has 0 aliphatic rings. The summed E-state index contributed by atoms with van der Waals surface area (Å²) >= 11 is 1.94. The van der Waals surface area contributed by atoms with Crippen molar-refractivity contribution in [3.8, 4) is 11.3 Å². The summed E-state index contributed by atoms with van der Waals surface area (Å²) in [5.74, 6) is 0.614. The zero-order valence-electron chi connectivity index (χ0n) is 21.8. The van der Waals surface area contributed by atoms with Crippen LogP contribution in [0.4, 0.5) is 0 Å². The molecule has 0 radical (unpaired) electrons. The van der Waals surface area contributed by atoms with Crippen molar-refractivity contribution in [3.05, 3.63) is 71.3 Å². The highest BCUT2D eigenvalue weighted by atomic mass is 32.1. The van der Waals surface area contributed by atoms with Crippen LogP contribution in [0.2, 0.25) is 19.6 Å². The lowest BCUT2D eigenvalue weighted by Crippen LogP contribution is -2.40. The number of hydrogen-bond acceptors (Lipinski definition) is 1. The molecule has 0 amide bonds. The fourth-order valence-corrected chi connectivity index (χ4v) is 7.71. The number of thiophene rings is 1. The predicted octanol–water partition coefficient (Wildman–Crippen LogP) is 8.06. The third kappa shape index (κ3) is 3.79. The van der Waals surface area contributed by atoms with E-state index >= 15 is 0 Å². The van der Waals surface area contributed by atoms with Gasteiger partial charge in [0.1, 0.15) is 7.05 Å². The average Bonchev–Trinajstić information content (AvgIpc) is 3.13. The summed E-state index contributed by atoms with van der Waals surface area (Å²) in [6.07, 6.45) is 1.09. The molecule has 3 heteroatoms. The van der Waals surface area contributed by atoms with Crippen molar-refractivity contribution in [1.29, 1.82) is 0 Å². The van der Waals surface area contributed by atoms with Gasteiger partial charge >= 0.3 is 0 Å². The van der Waals surface area contributed by atoms with Gasteiger partial charge in [0.2, 0.25) is 11.2 Å². The van der Waals surface area contributed by atoms with Crippen LogP contribution in [0.3, 0.4) is 0 Å². The summed E-state index contributed by atoms with van der Waals surface area (Å²) in [5.41, 5.74) is 8.34. The Morgan fingerprint density at radius 2 is 1.62 bits per heavy atom. The summed E-state index contributed by atoms with van der Waals surface area (Å²) in [4.78, 5) is 0. The van der Waals surface area contributed by atoms with E-state index in [0.717, 1.165) is 6.42 Å². The Kier molecular flexibility index (Phi) is 5.69. The second kappa shape index (κ2) is 8.32. The maximum atomic E-state index is 2.49. The van der Waals surface area contributed by atoms with Gasteiger partial charge in [0.25, 0.3) is 0 Å². The van der Waals surface area contributed by atoms with Gasteiger partial charge in [0, 0.05) is 37.7 Å². The van der Waals surface area contributed by atoms with Crippen LogP contribution < -0.4 is 9.75 Å². The molecular formula is C31H36NSSi+. The largest absolute Gasteiger partial charge is 0.214 e. The zero-order valence-corrected chi connectivity index (χ0v) is 23.7. The molecule has 0 bridgehead atoms. The quantitative estimate of drug-likeness (QED) is 0.180. The number of rotatable bonds is 4. The third-order valence-corrected chi connectivity index (χ3v) is 10.6. The van der Waals surface area contributed by atoms with Gasteiger partial charge in [-0.1, -0.05) is 62.9 Å². The molecular weight excluding hydrogens is 447 g/mol. The molecule has 0 unspecified atom stereocenters. The smallest absolute Gasteiger partial charge is 0.194 e. The summed E-state index contributed by atoms with van der Waals surface area (Å²) in [5, 5.41) is 5.69. The Labute approximate surface area is 209 Å². The van der Waals surface area contributed by atoms with Crippen molar-refractivity contribution in [2.24, 2.45) is 13.0 Å². The molecule has 0 saturated heterocycles. The molecule has 5 rings (SSSR count). The first-order valence-electron chi connectivity index (χ1n) is 12.4. The predicted molar refractivity (Wildman–Crippen MR) is 154 cm³/mol. The van der Waals surface area contributed by atoms with E-state index in [2.05, 4.69) is 114 Å². The SMILES string of the molecule is Cc1cc2c(sc3ccccc32)c(-c2cc(CC(C)C)c3ccc([Si](C)(C)C)cc3[n+]2C)c1C. The first-order chi connectivity index (χ1) is 16.1. The van der Waals surface area contributed by atoms with Crippen LogP contribution in [0.1, 0.15) is 30.5 Å². The molecule has 0 atom stereocenters. The third-order valence-electron chi connectivity index (χ3n) is 7.32. The van der Waals surface area contributed by atoms with E-state index in [4.69, 9.17) is 0 Å². The minimum atomic E-state index is -1.42. The molecule has 0 spiro atoms. The second-order valence-corrected chi connectivity index (χ2v) is 17.5. The lowest BCUT2D eigenvalue weighted by atomic mass is 9.93. The van der Waals surface area contributed by atoms with Gasteiger partial charge in [0.05, 0.1) is 13.6 Å². The lowest BCUT2D eigenvalue weighted by Gasteiger charge is -2.18. The van der Waals surface area contributed by atoms with Gasteiger partial charge in [-0.25, -0.2) is 0 Å². The summed E-state index contributed by atoms with van der Waals surface area (Å²) in [7, 11) is 0.853.